The van der Waals surface area contributed by atoms with Gasteiger partial charge < -0.3 is 5.11 Å². The molecule has 2 nitrogen and oxygen atoms in total. The summed E-state index contributed by atoms with van der Waals surface area (Å²) in [7, 11) is 0. The van der Waals surface area contributed by atoms with Crippen molar-refractivity contribution in [3.8, 4) is 0 Å². The minimum absolute atomic E-state index is 0. The maximum absolute atomic E-state index is 10.1. The molecule has 0 heterocycles. The predicted molar refractivity (Wildman–Crippen MR) is 51.4 cm³/mol. The van der Waals surface area contributed by atoms with Gasteiger partial charge in [-0.05, 0) is 6.42 Å². The van der Waals surface area contributed by atoms with Crippen LogP contribution in [0.3, 0.4) is 0 Å². The molecule has 0 aromatic heterocycles. The molecule has 0 fully saturated rings. The van der Waals surface area contributed by atoms with Gasteiger partial charge in [0.25, 0.3) is 0 Å². The smallest absolute Gasteiger partial charge is 0.303 e. The van der Waals surface area contributed by atoms with E-state index in [-0.39, 0.29) is 23.7 Å². The molecule has 0 saturated heterocycles. The van der Waals surface area contributed by atoms with Crippen LogP contribution in [-0.4, -0.2) is 34.7 Å². The molecule has 0 unspecified atom stereocenters. The third-order valence-corrected chi connectivity index (χ3v) is 1.74. The number of carboxylic acids is 1. The Morgan fingerprint density at radius 3 is 2.08 bits per heavy atom. The van der Waals surface area contributed by atoms with E-state index >= 15 is 0 Å². The molecule has 12 heavy (non-hydrogen) atoms. The third-order valence-electron chi connectivity index (χ3n) is 1.74. The molecule has 0 bridgehead atoms. The van der Waals surface area contributed by atoms with Gasteiger partial charge in [0.2, 0.25) is 0 Å². The second-order valence-electron chi connectivity index (χ2n) is 2.91. The Morgan fingerprint density at radius 1 is 1.08 bits per heavy atom. The Hall–Kier alpha value is 0.260. The van der Waals surface area contributed by atoms with E-state index in [0.717, 1.165) is 12.8 Å². The zero-order valence-corrected chi connectivity index (χ0v) is 10.0. The number of carboxylic acid groups (broad SMARTS) is 1. The van der Waals surface area contributed by atoms with Crippen molar-refractivity contribution in [2.75, 3.05) is 0 Å². The van der Waals surface area contributed by atoms with Crippen LogP contribution in [0.1, 0.15) is 51.9 Å². The molecule has 0 atom stereocenters. The minimum Gasteiger partial charge on any atom is -0.481 e. The van der Waals surface area contributed by atoms with E-state index in [1.54, 1.807) is 0 Å². The number of rotatable bonds is 7. The fraction of sp³-hybridized carbons (Fsp3) is 0.889. The molecule has 0 aromatic carbocycles. The van der Waals surface area contributed by atoms with Gasteiger partial charge in [0.05, 0.1) is 0 Å². The van der Waals surface area contributed by atoms with E-state index in [2.05, 4.69) is 6.92 Å². The van der Waals surface area contributed by atoms with E-state index < -0.39 is 5.97 Å². The van der Waals surface area contributed by atoms with Crippen LogP contribution in [0.2, 0.25) is 0 Å². The van der Waals surface area contributed by atoms with E-state index in [9.17, 15) is 4.79 Å². The van der Waals surface area contributed by atoms with E-state index in [1.807, 2.05) is 0 Å². The first-order valence-electron chi connectivity index (χ1n) is 4.49. The molecule has 0 aliphatic rings. The Balaban J connectivity index is 0. The average molecular weight is 286 g/mol. The van der Waals surface area contributed by atoms with Gasteiger partial charge in [0.15, 0.2) is 0 Å². The standard InChI is InChI=1S/C9H18O2.Te/c1-2-3-4-5-6-7-8-9(10)11;/h2-8H2,1H3,(H,10,11);. The van der Waals surface area contributed by atoms with Crippen molar-refractivity contribution in [2.24, 2.45) is 0 Å². The maximum Gasteiger partial charge on any atom is 0.303 e. The van der Waals surface area contributed by atoms with Gasteiger partial charge in [0, 0.05) is 30.1 Å². The molecule has 0 aliphatic carbocycles. The van der Waals surface area contributed by atoms with Crippen molar-refractivity contribution in [2.45, 2.75) is 51.9 Å². The number of carbonyl (C=O) groups is 1. The summed E-state index contributed by atoms with van der Waals surface area (Å²) in [6, 6.07) is 0. The van der Waals surface area contributed by atoms with Crippen LogP contribution in [0.4, 0.5) is 0 Å². The molecule has 72 valence electrons. The second-order valence-corrected chi connectivity index (χ2v) is 2.91. The first-order chi connectivity index (χ1) is 5.27. The molecule has 0 amide bonds. The van der Waals surface area contributed by atoms with Gasteiger partial charge in [-0.1, -0.05) is 39.0 Å². The van der Waals surface area contributed by atoms with Gasteiger partial charge >= 0.3 is 5.97 Å². The summed E-state index contributed by atoms with van der Waals surface area (Å²) in [6.45, 7) is 2.18. The summed E-state index contributed by atoms with van der Waals surface area (Å²) in [6.07, 6.45) is 7.25. The van der Waals surface area contributed by atoms with Crippen LogP contribution < -0.4 is 0 Å². The summed E-state index contributed by atoms with van der Waals surface area (Å²) in [5.74, 6) is -0.666. The van der Waals surface area contributed by atoms with Crippen LogP contribution in [0.15, 0.2) is 0 Å². The Morgan fingerprint density at radius 2 is 1.58 bits per heavy atom. The molecule has 0 aromatic rings. The van der Waals surface area contributed by atoms with Crippen LogP contribution in [0.25, 0.3) is 0 Å². The van der Waals surface area contributed by atoms with Gasteiger partial charge in [0.1, 0.15) is 0 Å². The number of hydrogen-bond donors (Lipinski definition) is 1. The van der Waals surface area contributed by atoms with Crippen LogP contribution in [0, 0.1) is 0 Å². The number of aliphatic carboxylic acids is 1. The Kier molecular flexibility index (Phi) is 13.9. The molecule has 0 rings (SSSR count). The molecule has 0 saturated carbocycles. The van der Waals surface area contributed by atoms with Gasteiger partial charge in [-0.25, -0.2) is 0 Å². The maximum atomic E-state index is 10.1. The first-order valence-corrected chi connectivity index (χ1v) is 4.49. The molecule has 3 heteroatoms. The van der Waals surface area contributed by atoms with E-state index in [1.165, 1.54) is 25.7 Å². The predicted octanol–water partition coefficient (Wildman–Crippen LogP) is 2.44. The fourth-order valence-corrected chi connectivity index (χ4v) is 1.06. The molecule has 1 N–H and O–H groups in total. The summed E-state index contributed by atoms with van der Waals surface area (Å²) in [5, 5.41) is 8.32. The van der Waals surface area contributed by atoms with Crippen molar-refractivity contribution in [1.29, 1.82) is 0 Å². The number of unbranched alkanes of at least 4 members (excludes halogenated alkanes) is 5. The summed E-state index contributed by atoms with van der Waals surface area (Å²) >= 11 is 0. The summed E-state index contributed by atoms with van der Waals surface area (Å²) in [5.41, 5.74) is 0. The van der Waals surface area contributed by atoms with Crippen molar-refractivity contribution in [3.05, 3.63) is 0 Å². The monoisotopic (exact) mass is 288 g/mol. The Labute approximate surface area is 91.5 Å². The van der Waals surface area contributed by atoms with Crippen molar-refractivity contribution in [3.63, 3.8) is 0 Å². The van der Waals surface area contributed by atoms with Crippen LogP contribution >= 0.6 is 0 Å². The zero-order chi connectivity index (χ0) is 8.53. The molecule has 2 radical (unpaired) electrons. The van der Waals surface area contributed by atoms with Crippen molar-refractivity contribution in [1.82, 2.24) is 0 Å². The zero-order valence-electron chi connectivity index (χ0n) is 7.71. The topological polar surface area (TPSA) is 37.3 Å². The van der Waals surface area contributed by atoms with Gasteiger partial charge in [-0.3, -0.25) is 4.79 Å². The van der Waals surface area contributed by atoms with Gasteiger partial charge in [-0.15, -0.1) is 0 Å². The molecule has 0 aliphatic heterocycles. The first kappa shape index (κ1) is 14.8. The molecular weight excluding hydrogens is 268 g/mol. The molecule has 0 spiro atoms. The van der Waals surface area contributed by atoms with E-state index in [0.29, 0.717) is 6.42 Å². The largest absolute Gasteiger partial charge is 0.481 e. The Bertz CT molecular complexity index is 105. The minimum atomic E-state index is -0.666. The number of hydrogen-bond acceptors (Lipinski definition) is 1. The summed E-state index contributed by atoms with van der Waals surface area (Å²) < 4.78 is 0. The normalized spacial score (nSPS) is 9.08. The van der Waals surface area contributed by atoms with Crippen LogP contribution in [-0.2, 0) is 4.79 Å². The third kappa shape index (κ3) is 12.9. The van der Waals surface area contributed by atoms with Crippen molar-refractivity contribution < 1.29 is 9.90 Å². The SMILES string of the molecule is CCCCCCCCC(=O)O.[Te]. The van der Waals surface area contributed by atoms with E-state index in [4.69, 9.17) is 5.11 Å². The average Bonchev–Trinajstić information content (AvgIpc) is 1.96. The summed E-state index contributed by atoms with van der Waals surface area (Å²) in [4.78, 5) is 10.1. The second kappa shape index (κ2) is 11.3. The fourth-order valence-electron chi connectivity index (χ4n) is 1.06. The molecular formula is C9H18O2Te. The van der Waals surface area contributed by atoms with Crippen LogP contribution in [0.5, 0.6) is 0 Å². The van der Waals surface area contributed by atoms with Crippen molar-refractivity contribution >= 4 is 29.6 Å². The quantitative estimate of drug-likeness (QED) is 0.576. The van der Waals surface area contributed by atoms with Gasteiger partial charge in [-0.2, -0.15) is 0 Å².